The Morgan fingerprint density at radius 2 is 2.16 bits per heavy atom. The lowest BCUT2D eigenvalue weighted by Crippen LogP contribution is -2.16. The van der Waals surface area contributed by atoms with Crippen molar-refractivity contribution in [2.75, 3.05) is 14.2 Å². The topological polar surface area (TPSA) is 64.5 Å². The van der Waals surface area contributed by atoms with Gasteiger partial charge in [-0.1, -0.05) is 17.3 Å². The van der Waals surface area contributed by atoms with Crippen LogP contribution in [-0.4, -0.2) is 24.2 Å². The Bertz CT molecular complexity index is 525. The fourth-order valence-corrected chi connectivity index (χ4v) is 1.93. The molecule has 102 valence electrons. The highest BCUT2D eigenvalue weighted by molar-refractivity contribution is 5.28. The van der Waals surface area contributed by atoms with E-state index in [4.69, 9.17) is 15.0 Å². The van der Waals surface area contributed by atoms with Gasteiger partial charge in [-0.15, -0.1) is 0 Å². The summed E-state index contributed by atoms with van der Waals surface area (Å²) in [5.74, 6) is 1.70. The molecule has 1 aromatic carbocycles. The Hall–Kier alpha value is -1.85. The highest BCUT2D eigenvalue weighted by Gasteiger charge is 2.07. The second-order valence-corrected chi connectivity index (χ2v) is 4.51. The molecule has 19 heavy (non-hydrogen) atoms. The van der Waals surface area contributed by atoms with E-state index in [1.807, 2.05) is 31.3 Å². The molecular formula is C14H19N3O2. The third kappa shape index (κ3) is 3.81. The smallest absolute Gasteiger partial charge is 0.151 e. The molecule has 0 unspecified atom stereocenters. The van der Waals surface area contributed by atoms with Crippen LogP contribution in [0, 0.1) is 0 Å². The lowest BCUT2D eigenvalue weighted by atomic mass is 10.2. The van der Waals surface area contributed by atoms with Gasteiger partial charge in [-0.05, 0) is 24.7 Å². The molecule has 0 aliphatic rings. The zero-order valence-corrected chi connectivity index (χ0v) is 11.3. The predicted molar refractivity (Wildman–Crippen MR) is 72.6 cm³/mol. The van der Waals surface area contributed by atoms with Crippen LogP contribution in [0.5, 0.6) is 5.75 Å². The fraction of sp³-hybridized carbons (Fsp3) is 0.357. The molecule has 0 atom stereocenters. The first-order chi connectivity index (χ1) is 9.21. The molecule has 0 bridgehead atoms. The molecular weight excluding hydrogens is 242 g/mol. The lowest BCUT2D eigenvalue weighted by Gasteiger charge is -2.15. The second-order valence-electron chi connectivity index (χ2n) is 4.51. The molecule has 2 rings (SSSR count). The van der Waals surface area contributed by atoms with Crippen molar-refractivity contribution in [3.63, 3.8) is 0 Å². The predicted octanol–water partition coefficient (Wildman–Crippen LogP) is 1.77. The molecule has 5 nitrogen and oxygen atoms in total. The van der Waals surface area contributed by atoms with E-state index in [0.29, 0.717) is 13.1 Å². The van der Waals surface area contributed by atoms with Crippen molar-refractivity contribution in [2.45, 2.75) is 19.6 Å². The minimum atomic E-state index is 0.406. The maximum absolute atomic E-state index is 5.50. The van der Waals surface area contributed by atoms with Crippen molar-refractivity contribution < 1.29 is 9.26 Å². The van der Waals surface area contributed by atoms with E-state index < -0.39 is 0 Å². The maximum atomic E-state index is 5.50. The number of nitrogens with zero attached hydrogens (tertiary/aromatic N) is 2. The molecule has 0 saturated heterocycles. The van der Waals surface area contributed by atoms with Crippen LogP contribution in [-0.2, 0) is 19.6 Å². The third-order valence-electron chi connectivity index (χ3n) is 2.83. The average molecular weight is 261 g/mol. The minimum Gasteiger partial charge on any atom is -0.497 e. The lowest BCUT2D eigenvalue weighted by molar-refractivity contribution is 0.265. The number of nitrogens with two attached hydrogens (primary N) is 1. The normalized spacial score (nSPS) is 10.9. The summed E-state index contributed by atoms with van der Waals surface area (Å²) < 4.78 is 10.4. The van der Waals surface area contributed by atoms with E-state index in [9.17, 15) is 0 Å². The quantitative estimate of drug-likeness (QED) is 0.858. The summed E-state index contributed by atoms with van der Waals surface area (Å²) in [6.07, 6.45) is 0. The zero-order valence-electron chi connectivity index (χ0n) is 11.3. The highest BCUT2D eigenvalue weighted by Crippen LogP contribution is 2.15. The summed E-state index contributed by atoms with van der Waals surface area (Å²) in [5, 5.41) is 3.88. The number of hydrogen-bond acceptors (Lipinski definition) is 5. The van der Waals surface area contributed by atoms with Crippen LogP contribution >= 0.6 is 0 Å². The Labute approximate surface area is 112 Å². The Morgan fingerprint density at radius 1 is 1.32 bits per heavy atom. The summed E-state index contributed by atoms with van der Waals surface area (Å²) in [6, 6.07) is 9.92. The molecule has 1 heterocycles. The van der Waals surface area contributed by atoms with Gasteiger partial charge in [-0.2, -0.15) is 0 Å². The summed E-state index contributed by atoms with van der Waals surface area (Å²) in [5.41, 5.74) is 7.48. The van der Waals surface area contributed by atoms with E-state index in [0.717, 1.165) is 23.7 Å². The van der Waals surface area contributed by atoms with Crippen LogP contribution in [0.2, 0.25) is 0 Å². The van der Waals surface area contributed by atoms with Gasteiger partial charge in [0.2, 0.25) is 0 Å². The number of rotatable bonds is 6. The minimum absolute atomic E-state index is 0.406. The highest BCUT2D eigenvalue weighted by atomic mass is 16.5. The van der Waals surface area contributed by atoms with E-state index in [-0.39, 0.29) is 0 Å². The Kier molecular flexibility index (Phi) is 4.54. The van der Waals surface area contributed by atoms with Gasteiger partial charge in [0.15, 0.2) is 5.76 Å². The largest absolute Gasteiger partial charge is 0.497 e. The van der Waals surface area contributed by atoms with Crippen molar-refractivity contribution >= 4 is 0 Å². The van der Waals surface area contributed by atoms with Gasteiger partial charge in [-0.25, -0.2) is 0 Å². The molecule has 0 saturated carbocycles. The number of methoxy groups -OCH3 is 1. The van der Waals surface area contributed by atoms with Crippen LogP contribution in [0.3, 0.4) is 0 Å². The molecule has 0 radical (unpaired) electrons. The maximum Gasteiger partial charge on any atom is 0.151 e. The first-order valence-electron chi connectivity index (χ1n) is 6.17. The van der Waals surface area contributed by atoms with Crippen LogP contribution < -0.4 is 10.5 Å². The molecule has 1 aromatic heterocycles. The van der Waals surface area contributed by atoms with Crippen molar-refractivity contribution in [3.05, 3.63) is 47.3 Å². The molecule has 0 aliphatic carbocycles. The van der Waals surface area contributed by atoms with Gasteiger partial charge in [0.1, 0.15) is 5.75 Å². The number of benzene rings is 1. The summed E-state index contributed by atoms with van der Waals surface area (Å²) in [4.78, 5) is 2.15. The number of ether oxygens (including phenoxy) is 1. The number of hydrogen-bond donors (Lipinski definition) is 1. The molecule has 0 fully saturated rings. The third-order valence-corrected chi connectivity index (χ3v) is 2.83. The van der Waals surface area contributed by atoms with E-state index in [1.165, 1.54) is 5.56 Å². The summed E-state index contributed by atoms with van der Waals surface area (Å²) in [7, 11) is 3.70. The SMILES string of the molecule is COc1cccc(CN(C)Cc2cc(CN)no2)c1. The fourth-order valence-electron chi connectivity index (χ4n) is 1.93. The van der Waals surface area contributed by atoms with Crippen LogP contribution in [0.25, 0.3) is 0 Å². The first kappa shape index (κ1) is 13.6. The first-order valence-corrected chi connectivity index (χ1v) is 6.17. The summed E-state index contributed by atoms with van der Waals surface area (Å²) >= 11 is 0. The van der Waals surface area contributed by atoms with Gasteiger partial charge in [0.05, 0.1) is 19.3 Å². The zero-order chi connectivity index (χ0) is 13.7. The van der Waals surface area contributed by atoms with Crippen LogP contribution in [0.15, 0.2) is 34.9 Å². The van der Waals surface area contributed by atoms with Crippen molar-refractivity contribution in [1.82, 2.24) is 10.1 Å². The van der Waals surface area contributed by atoms with E-state index in [1.54, 1.807) is 7.11 Å². The van der Waals surface area contributed by atoms with E-state index >= 15 is 0 Å². The van der Waals surface area contributed by atoms with Crippen molar-refractivity contribution in [3.8, 4) is 5.75 Å². The van der Waals surface area contributed by atoms with Crippen molar-refractivity contribution in [1.29, 1.82) is 0 Å². The van der Waals surface area contributed by atoms with Gasteiger partial charge in [0.25, 0.3) is 0 Å². The van der Waals surface area contributed by atoms with Crippen molar-refractivity contribution in [2.24, 2.45) is 5.73 Å². The Morgan fingerprint density at radius 3 is 2.84 bits per heavy atom. The monoisotopic (exact) mass is 261 g/mol. The molecule has 0 aliphatic heterocycles. The molecule has 2 aromatic rings. The molecule has 5 heteroatoms. The Balaban J connectivity index is 1.94. The van der Waals surface area contributed by atoms with Gasteiger partial charge < -0.3 is 15.0 Å². The van der Waals surface area contributed by atoms with Gasteiger partial charge >= 0.3 is 0 Å². The molecule has 0 spiro atoms. The second kappa shape index (κ2) is 6.36. The molecule has 0 amide bonds. The van der Waals surface area contributed by atoms with Crippen LogP contribution in [0.1, 0.15) is 17.0 Å². The van der Waals surface area contributed by atoms with Gasteiger partial charge in [0, 0.05) is 19.2 Å². The standard InChI is InChI=1S/C14H19N3O2/c1-17(10-14-7-12(8-15)16-19-14)9-11-4-3-5-13(6-11)18-2/h3-7H,8-10,15H2,1-2H3. The van der Waals surface area contributed by atoms with E-state index in [2.05, 4.69) is 16.1 Å². The molecule has 2 N–H and O–H groups in total. The summed E-state index contributed by atoms with van der Waals surface area (Å²) in [6.45, 7) is 1.92. The average Bonchev–Trinajstić information content (AvgIpc) is 2.86. The van der Waals surface area contributed by atoms with Gasteiger partial charge in [-0.3, -0.25) is 4.90 Å². The van der Waals surface area contributed by atoms with Crippen LogP contribution in [0.4, 0.5) is 0 Å². The number of aromatic nitrogens is 1.